The molecule has 1 aromatic heterocycles. The second-order valence-corrected chi connectivity index (χ2v) is 9.35. The highest BCUT2D eigenvalue weighted by Gasteiger charge is 2.25. The number of hydrogen-bond donors (Lipinski definition) is 0. The minimum Gasteiger partial charge on any atom is -0.467 e. The normalized spacial score (nSPS) is 11.0. The number of nitrogens with zero attached hydrogens (tertiary/aromatic N) is 2. The lowest BCUT2D eigenvalue weighted by Crippen LogP contribution is -2.45. The Balaban J connectivity index is 1.69. The Morgan fingerprint density at radius 3 is 2.20 bits per heavy atom. The van der Waals surface area contributed by atoms with Crippen molar-refractivity contribution in [2.24, 2.45) is 0 Å². The quantitative estimate of drug-likeness (QED) is 0.266. The number of hydrogen-bond acceptors (Lipinski definition) is 3. The van der Waals surface area contributed by atoms with Gasteiger partial charge in [0.05, 0.1) is 12.8 Å². The fraction of sp³-hybridized carbons (Fsp3) is 0.400. The average molecular weight is 475 g/mol. The number of carbonyl (C=O) groups excluding carboxylic acids is 2. The first kappa shape index (κ1) is 26.3. The molecular formula is C30H38N2O3. The molecule has 35 heavy (non-hydrogen) atoms. The standard InChI is InChI=1S/C30H38N2O3/c1-4-5-6-8-12-25-16-18-27(19-17-25)30(34)32(24(2)3)23-29(33)31(22-28-15-11-20-35-28)21-26-13-9-7-10-14-26/h7,9-11,13-20,24H,4-6,8,12,21-23H2,1-3H3. The zero-order valence-corrected chi connectivity index (χ0v) is 21.3. The molecule has 186 valence electrons. The van der Waals surface area contributed by atoms with E-state index in [-0.39, 0.29) is 24.4 Å². The molecule has 0 fully saturated rings. The molecule has 0 atom stereocenters. The summed E-state index contributed by atoms with van der Waals surface area (Å²) in [4.78, 5) is 30.2. The zero-order chi connectivity index (χ0) is 25.0. The molecule has 3 aromatic rings. The van der Waals surface area contributed by atoms with Gasteiger partial charge in [0.25, 0.3) is 5.91 Å². The van der Waals surface area contributed by atoms with Crippen LogP contribution in [0.25, 0.3) is 0 Å². The molecule has 0 saturated carbocycles. The van der Waals surface area contributed by atoms with Gasteiger partial charge in [-0.2, -0.15) is 0 Å². The van der Waals surface area contributed by atoms with Gasteiger partial charge in [-0.05, 0) is 62.1 Å². The van der Waals surface area contributed by atoms with Crippen LogP contribution in [0.1, 0.15) is 73.7 Å². The maximum atomic E-state index is 13.4. The number of unbranched alkanes of at least 4 members (excludes halogenated alkanes) is 3. The first-order valence-electron chi connectivity index (χ1n) is 12.7. The summed E-state index contributed by atoms with van der Waals surface area (Å²) in [6.45, 7) is 6.93. The van der Waals surface area contributed by atoms with Crippen LogP contribution in [-0.2, 0) is 24.3 Å². The Hall–Kier alpha value is -3.34. The highest BCUT2D eigenvalue weighted by molar-refractivity contribution is 5.96. The van der Waals surface area contributed by atoms with Crippen LogP contribution in [0.15, 0.2) is 77.4 Å². The maximum absolute atomic E-state index is 13.4. The minimum absolute atomic E-state index is 0.0167. The molecule has 2 aromatic carbocycles. The predicted molar refractivity (Wildman–Crippen MR) is 140 cm³/mol. The summed E-state index contributed by atoms with van der Waals surface area (Å²) < 4.78 is 5.50. The Morgan fingerprint density at radius 1 is 0.829 bits per heavy atom. The molecule has 0 aliphatic heterocycles. The van der Waals surface area contributed by atoms with Gasteiger partial charge < -0.3 is 14.2 Å². The third-order valence-corrected chi connectivity index (χ3v) is 6.21. The van der Waals surface area contributed by atoms with Gasteiger partial charge in [0.2, 0.25) is 5.91 Å². The number of aryl methyl sites for hydroxylation is 1. The summed E-state index contributed by atoms with van der Waals surface area (Å²) in [7, 11) is 0. The van der Waals surface area contributed by atoms with Crippen molar-refractivity contribution in [3.05, 3.63) is 95.4 Å². The Bertz CT molecular complexity index is 1030. The fourth-order valence-corrected chi connectivity index (χ4v) is 4.10. The summed E-state index contributed by atoms with van der Waals surface area (Å²) in [6, 6.07) is 21.3. The SMILES string of the molecule is CCCCCCc1ccc(C(=O)N(CC(=O)N(Cc2ccccc2)Cc2ccco2)C(C)C)cc1. The Morgan fingerprint density at radius 2 is 1.57 bits per heavy atom. The first-order valence-corrected chi connectivity index (χ1v) is 12.7. The first-order chi connectivity index (χ1) is 17.0. The van der Waals surface area contributed by atoms with Gasteiger partial charge in [0.1, 0.15) is 12.3 Å². The molecule has 0 radical (unpaired) electrons. The summed E-state index contributed by atoms with van der Waals surface area (Å²) in [5, 5.41) is 0. The second-order valence-electron chi connectivity index (χ2n) is 9.35. The van der Waals surface area contributed by atoms with E-state index in [1.807, 2.05) is 80.6 Å². The van der Waals surface area contributed by atoms with Crippen LogP contribution in [0.4, 0.5) is 0 Å². The molecule has 2 amide bonds. The van der Waals surface area contributed by atoms with E-state index in [1.165, 1.54) is 31.2 Å². The van der Waals surface area contributed by atoms with Gasteiger partial charge in [-0.15, -0.1) is 0 Å². The van der Waals surface area contributed by atoms with Crippen molar-refractivity contribution in [2.75, 3.05) is 6.54 Å². The molecule has 3 rings (SSSR count). The molecule has 0 spiro atoms. The lowest BCUT2D eigenvalue weighted by molar-refractivity contribution is -0.133. The molecule has 1 heterocycles. The summed E-state index contributed by atoms with van der Waals surface area (Å²) >= 11 is 0. The third-order valence-electron chi connectivity index (χ3n) is 6.21. The summed E-state index contributed by atoms with van der Waals surface area (Å²) in [5.74, 6) is 0.481. The van der Waals surface area contributed by atoms with Crippen molar-refractivity contribution in [1.29, 1.82) is 0 Å². The van der Waals surface area contributed by atoms with Crippen LogP contribution >= 0.6 is 0 Å². The number of furan rings is 1. The van der Waals surface area contributed by atoms with Crippen molar-refractivity contribution in [3.63, 3.8) is 0 Å². The van der Waals surface area contributed by atoms with Crippen molar-refractivity contribution >= 4 is 11.8 Å². The van der Waals surface area contributed by atoms with Gasteiger partial charge in [-0.1, -0.05) is 68.7 Å². The molecule has 0 unspecified atom stereocenters. The number of benzene rings is 2. The van der Waals surface area contributed by atoms with E-state index in [0.717, 1.165) is 12.0 Å². The Labute approximate surface area is 209 Å². The van der Waals surface area contributed by atoms with E-state index in [9.17, 15) is 9.59 Å². The van der Waals surface area contributed by atoms with E-state index in [1.54, 1.807) is 16.1 Å². The molecule has 0 saturated heterocycles. The largest absolute Gasteiger partial charge is 0.467 e. The van der Waals surface area contributed by atoms with Crippen LogP contribution in [0, 0.1) is 0 Å². The zero-order valence-electron chi connectivity index (χ0n) is 21.3. The molecular weight excluding hydrogens is 436 g/mol. The highest BCUT2D eigenvalue weighted by atomic mass is 16.3. The predicted octanol–water partition coefficient (Wildman–Crippen LogP) is 6.48. The van der Waals surface area contributed by atoms with E-state index in [4.69, 9.17) is 4.42 Å². The van der Waals surface area contributed by atoms with Crippen molar-refractivity contribution in [1.82, 2.24) is 9.80 Å². The lowest BCUT2D eigenvalue weighted by atomic mass is 10.0. The average Bonchev–Trinajstić information content (AvgIpc) is 3.38. The minimum atomic E-state index is -0.122. The topological polar surface area (TPSA) is 53.8 Å². The molecule has 0 aliphatic carbocycles. The monoisotopic (exact) mass is 474 g/mol. The van der Waals surface area contributed by atoms with Crippen LogP contribution in [0.3, 0.4) is 0 Å². The van der Waals surface area contributed by atoms with Gasteiger partial charge in [0, 0.05) is 18.2 Å². The van der Waals surface area contributed by atoms with Gasteiger partial charge in [0.15, 0.2) is 0 Å². The van der Waals surface area contributed by atoms with Crippen LogP contribution in [0.2, 0.25) is 0 Å². The smallest absolute Gasteiger partial charge is 0.254 e. The number of carbonyl (C=O) groups is 2. The molecule has 0 N–H and O–H groups in total. The lowest BCUT2D eigenvalue weighted by Gasteiger charge is -2.30. The Kier molecular flexibility index (Phi) is 10.1. The second kappa shape index (κ2) is 13.5. The van der Waals surface area contributed by atoms with E-state index < -0.39 is 0 Å². The van der Waals surface area contributed by atoms with Crippen LogP contribution < -0.4 is 0 Å². The molecule has 0 aliphatic rings. The van der Waals surface area contributed by atoms with Crippen molar-refractivity contribution in [2.45, 2.75) is 72.0 Å². The van der Waals surface area contributed by atoms with E-state index >= 15 is 0 Å². The fourth-order valence-electron chi connectivity index (χ4n) is 4.10. The maximum Gasteiger partial charge on any atom is 0.254 e. The van der Waals surface area contributed by atoms with E-state index in [0.29, 0.717) is 24.4 Å². The van der Waals surface area contributed by atoms with E-state index in [2.05, 4.69) is 6.92 Å². The van der Waals surface area contributed by atoms with Crippen LogP contribution in [-0.4, -0.2) is 34.2 Å². The molecule has 0 bridgehead atoms. The molecule has 5 nitrogen and oxygen atoms in total. The summed E-state index contributed by atoms with van der Waals surface area (Å²) in [5.41, 5.74) is 2.89. The van der Waals surface area contributed by atoms with Gasteiger partial charge >= 0.3 is 0 Å². The number of amides is 2. The molecule has 5 heteroatoms. The van der Waals surface area contributed by atoms with Gasteiger partial charge in [-0.25, -0.2) is 0 Å². The van der Waals surface area contributed by atoms with Crippen molar-refractivity contribution < 1.29 is 14.0 Å². The summed E-state index contributed by atoms with van der Waals surface area (Å²) in [6.07, 6.45) is 7.52. The number of rotatable bonds is 13. The van der Waals surface area contributed by atoms with Gasteiger partial charge in [-0.3, -0.25) is 9.59 Å². The van der Waals surface area contributed by atoms with Crippen LogP contribution in [0.5, 0.6) is 0 Å². The third kappa shape index (κ3) is 8.13. The highest BCUT2D eigenvalue weighted by Crippen LogP contribution is 2.16. The van der Waals surface area contributed by atoms with Crippen molar-refractivity contribution in [3.8, 4) is 0 Å².